The number of ether oxygens (including phenoxy) is 1. The third-order valence-corrected chi connectivity index (χ3v) is 2.59. The zero-order valence-corrected chi connectivity index (χ0v) is 8.07. The molecule has 0 unspecified atom stereocenters. The second-order valence-electron chi connectivity index (χ2n) is 3.99. The SMILES string of the molecule is C[C@@H]1CO[C@H](Cc2ccccc2)C1. The predicted octanol–water partition coefficient (Wildman–Crippen LogP) is 2.65. The quantitative estimate of drug-likeness (QED) is 0.673. The van der Waals surface area contributed by atoms with Crippen LogP contribution < -0.4 is 0 Å². The highest BCUT2D eigenvalue weighted by atomic mass is 16.5. The Morgan fingerprint density at radius 3 is 2.69 bits per heavy atom. The van der Waals surface area contributed by atoms with Crippen molar-refractivity contribution in [3.8, 4) is 0 Å². The monoisotopic (exact) mass is 176 g/mol. The first-order chi connectivity index (χ1) is 6.34. The second kappa shape index (κ2) is 3.93. The van der Waals surface area contributed by atoms with Gasteiger partial charge in [-0.15, -0.1) is 0 Å². The van der Waals surface area contributed by atoms with Gasteiger partial charge >= 0.3 is 0 Å². The van der Waals surface area contributed by atoms with Crippen molar-refractivity contribution in [2.45, 2.75) is 25.9 Å². The number of rotatable bonds is 2. The van der Waals surface area contributed by atoms with Gasteiger partial charge in [0.05, 0.1) is 6.10 Å². The minimum Gasteiger partial charge on any atom is -0.378 e. The summed E-state index contributed by atoms with van der Waals surface area (Å²) in [4.78, 5) is 0. The van der Waals surface area contributed by atoms with Crippen molar-refractivity contribution < 1.29 is 4.74 Å². The Labute approximate surface area is 79.7 Å². The highest BCUT2D eigenvalue weighted by Gasteiger charge is 2.21. The van der Waals surface area contributed by atoms with E-state index in [0.29, 0.717) is 6.10 Å². The molecule has 0 N–H and O–H groups in total. The largest absolute Gasteiger partial charge is 0.378 e. The topological polar surface area (TPSA) is 9.23 Å². The van der Waals surface area contributed by atoms with E-state index >= 15 is 0 Å². The summed E-state index contributed by atoms with van der Waals surface area (Å²) in [5.74, 6) is 0.744. The molecule has 13 heavy (non-hydrogen) atoms. The van der Waals surface area contributed by atoms with E-state index in [0.717, 1.165) is 18.9 Å². The molecule has 1 nitrogen and oxygen atoms in total. The average molecular weight is 176 g/mol. The van der Waals surface area contributed by atoms with E-state index in [4.69, 9.17) is 4.74 Å². The van der Waals surface area contributed by atoms with Crippen molar-refractivity contribution in [1.82, 2.24) is 0 Å². The van der Waals surface area contributed by atoms with Crippen LogP contribution in [0.3, 0.4) is 0 Å². The predicted molar refractivity (Wildman–Crippen MR) is 53.7 cm³/mol. The van der Waals surface area contributed by atoms with Gasteiger partial charge in [0.2, 0.25) is 0 Å². The van der Waals surface area contributed by atoms with E-state index in [1.807, 2.05) is 0 Å². The Morgan fingerprint density at radius 1 is 1.31 bits per heavy atom. The van der Waals surface area contributed by atoms with E-state index in [-0.39, 0.29) is 0 Å². The summed E-state index contributed by atoms with van der Waals surface area (Å²) in [5, 5.41) is 0. The zero-order valence-electron chi connectivity index (χ0n) is 8.07. The molecule has 0 aliphatic carbocycles. The summed E-state index contributed by atoms with van der Waals surface area (Å²) in [6.07, 6.45) is 2.75. The summed E-state index contributed by atoms with van der Waals surface area (Å²) < 4.78 is 5.67. The fraction of sp³-hybridized carbons (Fsp3) is 0.500. The van der Waals surface area contributed by atoms with E-state index in [1.165, 1.54) is 12.0 Å². The molecule has 1 aliphatic rings. The standard InChI is InChI=1S/C12H16O/c1-10-7-12(13-9-10)8-11-5-3-2-4-6-11/h2-6,10,12H,7-9H2,1H3/t10-,12-/m0/s1. The maximum Gasteiger partial charge on any atom is 0.0618 e. The van der Waals surface area contributed by atoms with E-state index in [2.05, 4.69) is 37.3 Å². The Balaban J connectivity index is 1.92. The van der Waals surface area contributed by atoms with Crippen LogP contribution in [0.2, 0.25) is 0 Å². The molecule has 1 saturated heterocycles. The molecule has 70 valence electrons. The van der Waals surface area contributed by atoms with Crippen LogP contribution in [0.5, 0.6) is 0 Å². The van der Waals surface area contributed by atoms with Crippen LogP contribution in [-0.4, -0.2) is 12.7 Å². The Kier molecular flexibility index (Phi) is 2.65. The van der Waals surface area contributed by atoms with Crippen LogP contribution in [0.15, 0.2) is 30.3 Å². The smallest absolute Gasteiger partial charge is 0.0618 e. The molecule has 0 saturated carbocycles. The third-order valence-electron chi connectivity index (χ3n) is 2.59. The summed E-state index contributed by atoms with van der Waals surface area (Å²) in [6.45, 7) is 3.20. The fourth-order valence-corrected chi connectivity index (χ4v) is 1.90. The van der Waals surface area contributed by atoms with Crippen LogP contribution in [0.4, 0.5) is 0 Å². The highest BCUT2D eigenvalue weighted by Crippen LogP contribution is 2.21. The van der Waals surface area contributed by atoms with Crippen LogP contribution in [0.1, 0.15) is 18.9 Å². The lowest BCUT2D eigenvalue weighted by atomic mass is 10.0. The van der Waals surface area contributed by atoms with Gasteiger partial charge in [-0.25, -0.2) is 0 Å². The van der Waals surface area contributed by atoms with E-state index in [9.17, 15) is 0 Å². The molecule has 0 aromatic heterocycles. The summed E-state index contributed by atoms with van der Waals surface area (Å²) in [7, 11) is 0. The van der Waals surface area contributed by atoms with Gasteiger partial charge in [-0.3, -0.25) is 0 Å². The molecule has 1 heteroatoms. The molecule has 1 heterocycles. The third kappa shape index (κ3) is 2.31. The van der Waals surface area contributed by atoms with Crippen molar-refractivity contribution in [2.75, 3.05) is 6.61 Å². The Hall–Kier alpha value is -0.820. The minimum atomic E-state index is 0.456. The molecule has 2 atom stereocenters. The van der Waals surface area contributed by atoms with Crippen molar-refractivity contribution >= 4 is 0 Å². The number of benzene rings is 1. The maximum absolute atomic E-state index is 5.67. The lowest BCUT2D eigenvalue weighted by Gasteiger charge is -2.08. The molecule has 1 aromatic rings. The molecule has 0 amide bonds. The first-order valence-corrected chi connectivity index (χ1v) is 5.00. The number of hydrogen-bond acceptors (Lipinski definition) is 1. The molecule has 1 aliphatic heterocycles. The zero-order chi connectivity index (χ0) is 9.10. The lowest BCUT2D eigenvalue weighted by molar-refractivity contribution is 0.108. The first-order valence-electron chi connectivity index (χ1n) is 5.00. The lowest BCUT2D eigenvalue weighted by Crippen LogP contribution is -2.08. The molecular formula is C12H16O. The molecular weight excluding hydrogens is 160 g/mol. The summed E-state index contributed by atoms with van der Waals surface area (Å²) in [5.41, 5.74) is 1.39. The molecule has 2 rings (SSSR count). The first kappa shape index (κ1) is 8.76. The molecule has 0 radical (unpaired) electrons. The van der Waals surface area contributed by atoms with Gasteiger partial charge in [-0.2, -0.15) is 0 Å². The summed E-state index contributed by atoms with van der Waals surface area (Å²) in [6, 6.07) is 10.6. The van der Waals surface area contributed by atoms with Gasteiger partial charge in [-0.05, 0) is 24.3 Å². The van der Waals surface area contributed by atoms with Crippen molar-refractivity contribution in [1.29, 1.82) is 0 Å². The highest BCUT2D eigenvalue weighted by molar-refractivity contribution is 5.15. The fourth-order valence-electron chi connectivity index (χ4n) is 1.90. The van der Waals surface area contributed by atoms with Crippen LogP contribution in [0, 0.1) is 5.92 Å². The van der Waals surface area contributed by atoms with Gasteiger partial charge in [0, 0.05) is 6.61 Å². The van der Waals surface area contributed by atoms with E-state index < -0.39 is 0 Å². The Bertz CT molecular complexity index is 255. The van der Waals surface area contributed by atoms with Gasteiger partial charge in [0.25, 0.3) is 0 Å². The van der Waals surface area contributed by atoms with Crippen molar-refractivity contribution in [2.24, 2.45) is 5.92 Å². The molecule has 0 bridgehead atoms. The normalized spacial score (nSPS) is 27.8. The number of hydrogen-bond donors (Lipinski definition) is 0. The molecule has 1 fully saturated rings. The molecule has 1 aromatic carbocycles. The van der Waals surface area contributed by atoms with Crippen molar-refractivity contribution in [3.63, 3.8) is 0 Å². The van der Waals surface area contributed by atoms with Gasteiger partial charge < -0.3 is 4.74 Å². The van der Waals surface area contributed by atoms with Crippen LogP contribution in [0.25, 0.3) is 0 Å². The van der Waals surface area contributed by atoms with Gasteiger partial charge in [0.1, 0.15) is 0 Å². The summed E-state index contributed by atoms with van der Waals surface area (Å²) >= 11 is 0. The molecule has 0 spiro atoms. The van der Waals surface area contributed by atoms with E-state index in [1.54, 1.807) is 0 Å². The average Bonchev–Trinajstić information content (AvgIpc) is 2.53. The maximum atomic E-state index is 5.67. The van der Waals surface area contributed by atoms with Gasteiger partial charge in [-0.1, -0.05) is 37.3 Å². The Morgan fingerprint density at radius 2 is 2.08 bits per heavy atom. The second-order valence-corrected chi connectivity index (χ2v) is 3.99. The van der Waals surface area contributed by atoms with Crippen LogP contribution >= 0.6 is 0 Å². The van der Waals surface area contributed by atoms with Crippen LogP contribution in [-0.2, 0) is 11.2 Å². The minimum absolute atomic E-state index is 0.456. The van der Waals surface area contributed by atoms with Crippen molar-refractivity contribution in [3.05, 3.63) is 35.9 Å². The van der Waals surface area contributed by atoms with Gasteiger partial charge in [0.15, 0.2) is 0 Å².